The van der Waals surface area contributed by atoms with Crippen LogP contribution in [0.25, 0.3) is 0 Å². The molecule has 0 saturated heterocycles. The Bertz CT molecular complexity index is 664. The largest absolute Gasteiger partial charge is 0.382 e. The van der Waals surface area contributed by atoms with Crippen molar-refractivity contribution in [1.82, 2.24) is 14.7 Å². The molecular formula is C15H19N5O. The number of carbonyl (C=O) groups is 1. The van der Waals surface area contributed by atoms with Crippen molar-refractivity contribution in [2.24, 2.45) is 7.05 Å². The summed E-state index contributed by atoms with van der Waals surface area (Å²) in [6.45, 7) is 2.33. The molecule has 6 nitrogen and oxygen atoms in total. The van der Waals surface area contributed by atoms with Crippen LogP contribution in [0.3, 0.4) is 0 Å². The van der Waals surface area contributed by atoms with Crippen LogP contribution in [-0.2, 0) is 13.6 Å². The molecule has 110 valence electrons. The third-order valence-electron chi connectivity index (χ3n) is 3.55. The van der Waals surface area contributed by atoms with E-state index in [-0.39, 0.29) is 5.91 Å². The number of nitrogens with zero attached hydrogens (tertiary/aromatic N) is 3. The molecule has 0 unspecified atom stereocenters. The summed E-state index contributed by atoms with van der Waals surface area (Å²) in [7, 11) is 3.67. The van der Waals surface area contributed by atoms with Crippen molar-refractivity contribution in [2.45, 2.75) is 6.54 Å². The van der Waals surface area contributed by atoms with E-state index in [4.69, 9.17) is 0 Å². The second kappa shape index (κ2) is 5.47. The average Bonchev–Trinajstić information content (AvgIpc) is 2.91. The summed E-state index contributed by atoms with van der Waals surface area (Å²) in [5, 5.41) is 10.7. The fraction of sp³-hybridized carbons (Fsp3) is 0.333. The summed E-state index contributed by atoms with van der Waals surface area (Å²) in [6.07, 6.45) is 3.70. The average molecular weight is 285 g/mol. The molecule has 2 aromatic rings. The number of amides is 1. The zero-order chi connectivity index (χ0) is 14.8. The number of hydrogen-bond acceptors (Lipinski definition) is 4. The molecule has 1 aliphatic rings. The zero-order valence-corrected chi connectivity index (χ0v) is 12.3. The number of carbonyl (C=O) groups excluding carboxylic acids is 1. The molecule has 0 atom stereocenters. The summed E-state index contributed by atoms with van der Waals surface area (Å²) in [5.41, 5.74) is 3.75. The quantitative estimate of drug-likeness (QED) is 0.898. The van der Waals surface area contributed by atoms with Crippen LogP contribution in [0.2, 0.25) is 0 Å². The van der Waals surface area contributed by atoms with Gasteiger partial charge in [0.05, 0.1) is 17.6 Å². The summed E-state index contributed by atoms with van der Waals surface area (Å²) in [6, 6.07) is 5.72. The van der Waals surface area contributed by atoms with Crippen LogP contribution >= 0.6 is 0 Å². The predicted molar refractivity (Wildman–Crippen MR) is 82.4 cm³/mol. The van der Waals surface area contributed by atoms with Crippen LogP contribution in [0.1, 0.15) is 15.9 Å². The molecule has 0 radical (unpaired) electrons. The van der Waals surface area contributed by atoms with E-state index >= 15 is 0 Å². The van der Waals surface area contributed by atoms with Crippen LogP contribution in [0.4, 0.5) is 11.4 Å². The fourth-order valence-electron chi connectivity index (χ4n) is 2.49. The zero-order valence-electron chi connectivity index (χ0n) is 12.3. The second-order valence-corrected chi connectivity index (χ2v) is 5.30. The summed E-state index contributed by atoms with van der Waals surface area (Å²) in [5.74, 6) is 0.00836. The van der Waals surface area contributed by atoms with E-state index in [9.17, 15) is 4.79 Å². The number of fused-ring (bicyclic) bond motifs is 1. The maximum atomic E-state index is 12.5. The van der Waals surface area contributed by atoms with E-state index in [0.29, 0.717) is 12.1 Å². The number of nitrogens with one attached hydrogen (secondary N) is 2. The van der Waals surface area contributed by atoms with Crippen LogP contribution in [0.15, 0.2) is 30.6 Å². The lowest BCUT2D eigenvalue weighted by atomic mass is 10.1. The van der Waals surface area contributed by atoms with Gasteiger partial charge in [0.15, 0.2) is 0 Å². The van der Waals surface area contributed by atoms with Gasteiger partial charge in [0.1, 0.15) is 0 Å². The number of benzene rings is 1. The molecule has 2 N–H and O–H groups in total. The summed E-state index contributed by atoms with van der Waals surface area (Å²) >= 11 is 0. The van der Waals surface area contributed by atoms with E-state index in [1.165, 1.54) is 0 Å². The predicted octanol–water partition coefficient (Wildman–Crippen LogP) is 1.53. The summed E-state index contributed by atoms with van der Waals surface area (Å²) in [4.78, 5) is 14.2. The molecular weight excluding hydrogens is 266 g/mol. The van der Waals surface area contributed by atoms with Crippen molar-refractivity contribution in [3.63, 3.8) is 0 Å². The normalized spacial score (nSPS) is 13.0. The van der Waals surface area contributed by atoms with Crippen molar-refractivity contribution in [1.29, 1.82) is 0 Å². The van der Waals surface area contributed by atoms with E-state index in [0.717, 1.165) is 30.0 Å². The van der Waals surface area contributed by atoms with Crippen molar-refractivity contribution < 1.29 is 4.79 Å². The smallest absolute Gasteiger partial charge is 0.253 e. The second-order valence-electron chi connectivity index (χ2n) is 5.30. The minimum absolute atomic E-state index is 0.00836. The number of aryl methyl sites for hydroxylation is 1. The highest BCUT2D eigenvalue weighted by molar-refractivity contribution is 5.96. The van der Waals surface area contributed by atoms with E-state index in [1.54, 1.807) is 22.8 Å². The minimum Gasteiger partial charge on any atom is -0.382 e. The van der Waals surface area contributed by atoms with Gasteiger partial charge in [-0.3, -0.25) is 9.48 Å². The van der Waals surface area contributed by atoms with Crippen LogP contribution in [-0.4, -0.2) is 40.7 Å². The van der Waals surface area contributed by atoms with Crippen LogP contribution in [0.5, 0.6) is 0 Å². The van der Waals surface area contributed by atoms with Gasteiger partial charge in [-0.25, -0.2) is 0 Å². The molecule has 1 aromatic heterocycles. The van der Waals surface area contributed by atoms with Crippen LogP contribution in [0, 0.1) is 0 Å². The molecule has 3 rings (SSSR count). The first kappa shape index (κ1) is 13.5. The number of hydrogen-bond donors (Lipinski definition) is 2. The standard InChI is InChI=1S/C15H19N5O/c1-19(9-11-8-18-20(2)10-11)15(21)12-3-4-13-14(7-12)17-6-5-16-13/h3-4,7-8,10,16-17H,5-6,9H2,1-2H3. The third-order valence-corrected chi connectivity index (χ3v) is 3.55. The van der Waals surface area contributed by atoms with Gasteiger partial charge in [-0.15, -0.1) is 0 Å². The molecule has 21 heavy (non-hydrogen) atoms. The van der Waals surface area contributed by atoms with Gasteiger partial charge in [0.2, 0.25) is 0 Å². The van der Waals surface area contributed by atoms with E-state index in [2.05, 4.69) is 15.7 Å². The molecule has 6 heteroatoms. The Balaban J connectivity index is 1.75. The molecule has 1 aromatic carbocycles. The van der Waals surface area contributed by atoms with Gasteiger partial charge in [0.25, 0.3) is 5.91 Å². The van der Waals surface area contributed by atoms with Gasteiger partial charge in [-0.05, 0) is 18.2 Å². The van der Waals surface area contributed by atoms with Gasteiger partial charge in [-0.2, -0.15) is 5.10 Å². The van der Waals surface area contributed by atoms with Gasteiger partial charge in [-0.1, -0.05) is 0 Å². The highest BCUT2D eigenvalue weighted by atomic mass is 16.2. The van der Waals surface area contributed by atoms with E-state index < -0.39 is 0 Å². The molecule has 1 amide bonds. The number of aromatic nitrogens is 2. The van der Waals surface area contributed by atoms with Crippen molar-refractivity contribution in [2.75, 3.05) is 30.8 Å². The maximum absolute atomic E-state index is 12.5. The highest BCUT2D eigenvalue weighted by Crippen LogP contribution is 2.25. The lowest BCUT2D eigenvalue weighted by molar-refractivity contribution is 0.0785. The van der Waals surface area contributed by atoms with Gasteiger partial charge < -0.3 is 15.5 Å². The lowest BCUT2D eigenvalue weighted by Crippen LogP contribution is -2.27. The lowest BCUT2D eigenvalue weighted by Gasteiger charge is -2.22. The topological polar surface area (TPSA) is 62.2 Å². The Morgan fingerprint density at radius 1 is 1.33 bits per heavy atom. The maximum Gasteiger partial charge on any atom is 0.253 e. The Morgan fingerprint density at radius 3 is 2.81 bits per heavy atom. The first-order valence-electron chi connectivity index (χ1n) is 6.98. The molecule has 0 fully saturated rings. The molecule has 2 heterocycles. The van der Waals surface area contributed by atoms with Crippen molar-refractivity contribution in [3.05, 3.63) is 41.7 Å². The molecule has 0 bridgehead atoms. The van der Waals surface area contributed by atoms with Gasteiger partial charge in [0, 0.05) is 51.1 Å². The van der Waals surface area contributed by atoms with Crippen LogP contribution < -0.4 is 10.6 Å². The highest BCUT2D eigenvalue weighted by Gasteiger charge is 2.16. The Labute approximate surface area is 123 Å². The molecule has 1 aliphatic heterocycles. The van der Waals surface area contributed by atoms with Gasteiger partial charge >= 0.3 is 0 Å². The minimum atomic E-state index is 0.00836. The third kappa shape index (κ3) is 2.84. The molecule has 0 aliphatic carbocycles. The monoisotopic (exact) mass is 285 g/mol. The molecule has 0 saturated carbocycles. The fourth-order valence-corrected chi connectivity index (χ4v) is 2.49. The SMILES string of the molecule is CN(Cc1cnn(C)c1)C(=O)c1ccc2c(c1)NCCN2. The Morgan fingerprint density at radius 2 is 2.10 bits per heavy atom. The first-order chi connectivity index (χ1) is 10.1. The van der Waals surface area contributed by atoms with Crippen molar-refractivity contribution in [3.8, 4) is 0 Å². The Kier molecular flexibility index (Phi) is 3.51. The van der Waals surface area contributed by atoms with E-state index in [1.807, 2.05) is 31.4 Å². The first-order valence-corrected chi connectivity index (χ1v) is 6.98. The molecule has 0 spiro atoms. The number of anilines is 2. The summed E-state index contributed by atoms with van der Waals surface area (Å²) < 4.78 is 1.74. The Hall–Kier alpha value is -2.50. The van der Waals surface area contributed by atoms with Crippen molar-refractivity contribution >= 4 is 17.3 Å². The number of rotatable bonds is 3.